The van der Waals surface area contributed by atoms with Crippen molar-refractivity contribution in [1.82, 2.24) is 5.32 Å². The standard InChI is InChI=1S/C15H22N2O2S/c1-2-20-13-7-4-6-12(9-13)17-15(19)16-10-11-5-3-8-14(11)18/h4,6-7,9,11,14,18H,2-3,5,8,10H2,1H3,(H2,16,17,19)/t11-,14-/m1/s1. The van der Waals surface area contributed by atoms with E-state index in [1.54, 1.807) is 11.8 Å². The second-order valence-corrected chi connectivity index (χ2v) is 6.39. The SMILES string of the molecule is CCSc1cccc(NC(=O)NC[C@H]2CCC[C@H]2O)c1. The lowest BCUT2D eigenvalue weighted by Crippen LogP contribution is -2.35. The van der Waals surface area contributed by atoms with Crippen molar-refractivity contribution in [2.75, 3.05) is 17.6 Å². The van der Waals surface area contributed by atoms with Gasteiger partial charge in [0.25, 0.3) is 0 Å². The highest BCUT2D eigenvalue weighted by Gasteiger charge is 2.25. The first kappa shape index (κ1) is 15.2. The third-order valence-corrected chi connectivity index (χ3v) is 4.42. The number of amides is 2. The van der Waals surface area contributed by atoms with Crippen molar-refractivity contribution in [3.63, 3.8) is 0 Å². The highest BCUT2D eigenvalue weighted by atomic mass is 32.2. The molecule has 1 saturated carbocycles. The van der Waals surface area contributed by atoms with Gasteiger partial charge < -0.3 is 15.7 Å². The molecule has 0 aromatic heterocycles. The van der Waals surface area contributed by atoms with Gasteiger partial charge in [-0.3, -0.25) is 0 Å². The van der Waals surface area contributed by atoms with Crippen LogP contribution in [-0.2, 0) is 0 Å². The number of nitrogens with one attached hydrogen (secondary N) is 2. The maximum atomic E-state index is 11.8. The number of thioether (sulfide) groups is 1. The molecular formula is C15H22N2O2S. The fourth-order valence-electron chi connectivity index (χ4n) is 2.48. The van der Waals surface area contributed by atoms with E-state index in [0.717, 1.165) is 35.6 Å². The van der Waals surface area contributed by atoms with E-state index >= 15 is 0 Å². The predicted octanol–water partition coefficient (Wildman–Crippen LogP) is 3.08. The second kappa shape index (κ2) is 7.55. The number of carbonyl (C=O) groups is 1. The molecule has 2 atom stereocenters. The van der Waals surface area contributed by atoms with Crippen molar-refractivity contribution in [2.24, 2.45) is 5.92 Å². The van der Waals surface area contributed by atoms with Gasteiger partial charge in [0.15, 0.2) is 0 Å². The number of aliphatic hydroxyl groups excluding tert-OH is 1. The van der Waals surface area contributed by atoms with Crippen molar-refractivity contribution in [3.8, 4) is 0 Å². The van der Waals surface area contributed by atoms with Gasteiger partial charge in [0.1, 0.15) is 0 Å². The molecule has 0 heterocycles. The van der Waals surface area contributed by atoms with Crippen LogP contribution >= 0.6 is 11.8 Å². The van der Waals surface area contributed by atoms with Crippen LogP contribution in [0.2, 0.25) is 0 Å². The summed E-state index contributed by atoms with van der Waals surface area (Å²) in [6, 6.07) is 7.62. The molecule has 0 unspecified atom stereocenters. The van der Waals surface area contributed by atoms with Crippen LogP contribution in [0.25, 0.3) is 0 Å². The van der Waals surface area contributed by atoms with Crippen LogP contribution in [-0.4, -0.2) is 29.5 Å². The molecule has 0 saturated heterocycles. The van der Waals surface area contributed by atoms with Crippen LogP contribution in [0.4, 0.5) is 10.5 Å². The average molecular weight is 294 g/mol. The molecular weight excluding hydrogens is 272 g/mol. The Balaban J connectivity index is 1.80. The number of anilines is 1. The van der Waals surface area contributed by atoms with Crippen LogP contribution in [0.15, 0.2) is 29.2 Å². The van der Waals surface area contributed by atoms with Gasteiger partial charge >= 0.3 is 6.03 Å². The molecule has 5 heteroatoms. The Morgan fingerprint density at radius 1 is 1.45 bits per heavy atom. The lowest BCUT2D eigenvalue weighted by molar-refractivity contribution is 0.133. The van der Waals surface area contributed by atoms with Crippen LogP contribution in [0.1, 0.15) is 26.2 Å². The molecule has 1 aromatic carbocycles. The van der Waals surface area contributed by atoms with Gasteiger partial charge in [-0.05, 0) is 36.8 Å². The zero-order valence-corrected chi connectivity index (χ0v) is 12.6. The molecule has 1 aliphatic carbocycles. The zero-order chi connectivity index (χ0) is 14.4. The Kier molecular flexibility index (Phi) is 5.73. The summed E-state index contributed by atoms with van der Waals surface area (Å²) < 4.78 is 0. The number of hydrogen-bond acceptors (Lipinski definition) is 3. The summed E-state index contributed by atoms with van der Waals surface area (Å²) in [5.41, 5.74) is 0.799. The van der Waals surface area contributed by atoms with Crippen molar-refractivity contribution in [3.05, 3.63) is 24.3 Å². The van der Waals surface area contributed by atoms with Gasteiger partial charge in [0.05, 0.1) is 6.10 Å². The first-order valence-electron chi connectivity index (χ1n) is 7.15. The molecule has 1 aromatic rings. The number of hydrogen-bond donors (Lipinski definition) is 3. The lowest BCUT2D eigenvalue weighted by atomic mass is 10.1. The van der Waals surface area contributed by atoms with Crippen molar-refractivity contribution < 1.29 is 9.90 Å². The van der Waals surface area contributed by atoms with E-state index in [-0.39, 0.29) is 18.1 Å². The molecule has 2 rings (SSSR count). The smallest absolute Gasteiger partial charge is 0.319 e. The molecule has 4 nitrogen and oxygen atoms in total. The summed E-state index contributed by atoms with van der Waals surface area (Å²) in [6.45, 7) is 2.64. The topological polar surface area (TPSA) is 61.4 Å². The molecule has 0 aliphatic heterocycles. The third-order valence-electron chi connectivity index (χ3n) is 3.55. The molecule has 1 aliphatic rings. The molecule has 20 heavy (non-hydrogen) atoms. The normalized spacial score (nSPS) is 21.7. The fraction of sp³-hybridized carbons (Fsp3) is 0.533. The molecule has 0 spiro atoms. The second-order valence-electron chi connectivity index (χ2n) is 5.05. The molecule has 0 bridgehead atoms. The van der Waals surface area contributed by atoms with Crippen molar-refractivity contribution in [1.29, 1.82) is 0 Å². The van der Waals surface area contributed by atoms with E-state index in [1.165, 1.54) is 0 Å². The summed E-state index contributed by atoms with van der Waals surface area (Å²) in [5, 5.41) is 15.4. The minimum absolute atomic E-state index is 0.197. The lowest BCUT2D eigenvalue weighted by Gasteiger charge is -2.15. The maximum absolute atomic E-state index is 11.8. The Morgan fingerprint density at radius 2 is 2.30 bits per heavy atom. The molecule has 2 amide bonds. The quantitative estimate of drug-likeness (QED) is 0.731. The van der Waals surface area contributed by atoms with Crippen LogP contribution in [0, 0.1) is 5.92 Å². The minimum Gasteiger partial charge on any atom is -0.393 e. The summed E-state index contributed by atoms with van der Waals surface area (Å²) in [7, 11) is 0. The number of aliphatic hydroxyl groups is 1. The maximum Gasteiger partial charge on any atom is 0.319 e. The van der Waals surface area contributed by atoms with E-state index in [9.17, 15) is 9.90 Å². The van der Waals surface area contributed by atoms with E-state index in [1.807, 2.05) is 24.3 Å². The Bertz CT molecular complexity index is 453. The van der Waals surface area contributed by atoms with E-state index in [4.69, 9.17) is 0 Å². The van der Waals surface area contributed by atoms with Gasteiger partial charge in [-0.2, -0.15) is 0 Å². The zero-order valence-electron chi connectivity index (χ0n) is 11.8. The van der Waals surface area contributed by atoms with Gasteiger partial charge in [-0.25, -0.2) is 4.79 Å². The Morgan fingerprint density at radius 3 is 3.00 bits per heavy atom. The summed E-state index contributed by atoms with van der Waals surface area (Å²) in [6.07, 6.45) is 2.62. The number of rotatable bonds is 5. The van der Waals surface area contributed by atoms with Gasteiger partial charge in [0, 0.05) is 23.0 Å². The highest BCUT2D eigenvalue weighted by molar-refractivity contribution is 7.99. The minimum atomic E-state index is -0.264. The summed E-state index contributed by atoms with van der Waals surface area (Å²) in [4.78, 5) is 13.0. The monoisotopic (exact) mass is 294 g/mol. The summed E-state index contributed by atoms with van der Waals surface area (Å²) >= 11 is 1.75. The molecule has 3 N–H and O–H groups in total. The fourth-order valence-corrected chi connectivity index (χ4v) is 3.20. The summed E-state index contributed by atoms with van der Waals surface area (Å²) in [5.74, 6) is 1.21. The average Bonchev–Trinajstić information content (AvgIpc) is 2.83. The molecule has 1 fully saturated rings. The van der Waals surface area contributed by atoms with Gasteiger partial charge in [-0.15, -0.1) is 11.8 Å². The molecule has 110 valence electrons. The van der Waals surface area contributed by atoms with Crippen LogP contribution in [0.5, 0.6) is 0 Å². The Hall–Kier alpha value is -1.20. The molecule has 0 radical (unpaired) electrons. The van der Waals surface area contributed by atoms with Crippen LogP contribution in [0.3, 0.4) is 0 Å². The third kappa shape index (κ3) is 4.42. The largest absolute Gasteiger partial charge is 0.393 e. The van der Waals surface area contributed by atoms with E-state index < -0.39 is 0 Å². The first-order valence-corrected chi connectivity index (χ1v) is 8.13. The van der Waals surface area contributed by atoms with Crippen molar-refractivity contribution >= 4 is 23.5 Å². The first-order chi connectivity index (χ1) is 9.69. The van der Waals surface area contributed by atoms with E-state index in [0.29, 0.717) is 6.54 Å². The van der Waals surface area contributed by atoms with E-state index in [2.05, 4.69) is 17.6 Å². The van der Waals surface area contributed by atoms with Crippen LogP contribution < -0.4 is 10.6 Å². The number of benzene rings is 1. The predicted molar refractivity (Wildman–Crippen MR) is 83.2 cm³/mol. The van der Waals surface area contributed by atoms with Crippen molar-refractivity contribution in [2.45, 2.75) is 37.2 Å². The van der Waals surface area contributed by atoms with Gasteiger partial charge in [0.2, 0.25) is 0 Å². The highest BCUT2D eigenvalue weighted by Crippen LogP contribution is 2.24. The Labute approximate surface area is 124 Å². The number of urea groups is 1. The number of carbonyl (C=O) groups excluding carboxylic acids is 1. The van der Waals surface area contributed by atoms with Gasteiger partial charge in [-0.1, -0.05) is 19.4 Å².